The Kier molecular flexibility index (Phi) is 4.93. The number of rotatable bonds is 5. The average Bonchev–Trinajstić information content (AvgIpc) is 2.51. The fourth-order valence-corrected chi connectivity index (χ4v) is 2.19. The van der Waals surface area contributed by atoms with Gasteiger partial charge in [0, 0.05) is 18.8 Å². The highest BCUT2D eigenvalue weighted by molar-refractivity contribution is 5.95. The van der Waals surface area contributed by atoms with Crippen molar-refractivity contribution in [2.45, 2.75) is 13.3 Å². The van der Waals surface area contributed by atoms with Crippen molar-refractivity contribution in [3.8, 4) is 0 Å². The monoisotopic (exact) mass is 286 g/mol. The van der Waals surface area contributed by atoms with Crippen LogP contribution in [0.15, 0.2) is 48.5 Å². The zero-order valence-corrected chi connectivity index (χ0v) is 12.1. The maximum atomic E-state index is 13.8. The van der Waals surface area contributed by atoms with Gasteiger partial charge in [-0.05, 0) is 37.1 Å². The molecule has 0 bridgehead atoms. The zero-order chi connectivity index (χ0) is 15.2. The second kappa shape index (κ2) is 6.88. The molecule has 0 fully saturated rings. The summed E-state index contributed by atoms with van der Waals surface area (Å²) in [6.07, 6.45) is 0.740. The highest BCUT2D eigenvalue weighted by Gasteiger charge is 2.18. The molecule has 3 nitrogen and oxygen atoms in total. The Morgan fingerprint density at radius 2 is 1.90 bits per heavy atom. The van der Waals surface area contributed by atoms with Crippen LogP contribution in [0, 0.1) is 5.82 Å². The van der Waals surface area contributed by atoms with Crippen LogP contribution in [0.3, 0.4) is 0 Å². The van der Waals surface area contributed by atoms with E-state index < -0.39 is 5.82 Å². The van der Waals surface area contributed by atoms with Crippen molar-refractivity contribution in [2.24, 2.45) is 0 Å². The Bertz CT molecular complexity index is 613. The first-order chi connectivity index (χ1) is 10.1. The van der Waals surface area contributed by atoms with Gasteiger partial charge < -0.3 is 10.6 Å². The largest absolute Gasteiger partial charge is 0.399 e. The Morgan fingerprint density at radius 3 is 2.57 bits per heavy atom. The van der Waals surface area contributed by atoms with Crippen molar-refractivity contribution in [1.29, 1.82) is 0 Å². The van der Waals surface area contributed by atoms with Crippen molar-refractivity contribution in [3.05, 3.63) is 65.5 Å². The number of nitrogens with two attached hydrogens (primary N) is 1. The van der Waals surface area contributed by atoms with E-state index in [2.05, 4.69) is 0 Å². The number of hydrogen-bond donors (Lipinski definition) is 1. The molecule has 110 valence electrons. The zero-order valence-electron chi connectivity index (χ0n) is 12.1. The van der Waals surface area contributed by atoms with Gasteiger partial charge in [-0.25, -0.2) is 4.39 Å². The first kappa shape index (κ1) is 15.0. The molecule has 0 spiro atoms. The summed E-state index contributed by atoms with van der Waals surface area (Å²) in [5, 5.41) is 0. The molecule has 0 aromatic heterocycles. The van der Waals surface area contributed by atoms with Crippen LogP contribution in [0.5, 0.6) is 0 Å². The molecule has 1 amide bonds. The van der Waals surface area contributed by atoms with Crippen molar-refractivity contribution in [2.75, 3.05) is 18.8 Å². The molecule has 0 unspecified atom stereocenters. The van der Waals surface area contributed by atoms with Crippen LogP contribution < -0.4 is 5.73 Å². The number of nitrogens with zero attached hydrogens (tertiary/aromatic N) is 1. The number of halogens is 1. The van der Waals surface area contributed by atoms with E-state index in [1.165, 1.54) is 18.2 Å². The summed E-state index contributed by atoms with van der Waals surface area (Å²) in [5.41, 5.74) is 7.20. The minimum absolute atomic E-state index is 0.0323. The third-order valence-corrected chi connectivity index (χ3v) is 3.40. The summed E-state index contributed by atoms with van der Waals surface area (Å²) in [6, 6.07) is 14.0. The summed E-state index contributed by atoms with van der Waals surface area (Å²) >= 11 is 0. The van der Waals surface area contributed by atoms with E-state index in [4.69, 9.17) is 5.73 Å². The summed E-state index contributed by atoms with van der Waals surface area (Å²) in [5.74, 6) is -0.856. The number of hydrogen-bond acceptors (Lipinski definition) is 2. The summed E-state index contributed by atoms with van der Waals surface area (Å²) in [6.45, 7) is 2.96. The average molecular weight is 286 g/mol. The van der Waals surface area contributed by atoms with Crippen molar-refractivity contribution in [1.82, 2.24) is 4.90 Å². The molecule has 2 aromatic carbocycles. The van der Waals surface area contributed by atoms with Gasteiger partial charge in [0.15, 0.2) is 0 Å². The molecule has 0 radical (unpaired) electrons. The lowest BCUT2D eigenvalue weighted by atomic mass is 10.1. The fraction of sp³-hybridized carbons (Fsp3) is 0.235. The predicted molar refractivity (Wildman–Crippen MR) is 82.5 cm³/mol. The topological polar surface area (TPSA) is 46.3 Å². The number of nitrogen functional groups attached to an aromatic ring is 1. The third kappa shape index (κ3) is 3.81. The molecular formula is C17H19FN2O. The Balaban J connectivity index is 2.10. The number of likely N-dealkylation sites (N-methyl/N-ethyl adjacent to an activating group) is 1. The molecule has 2 N–H and O–H groups in total. The molecule has 0 atom stereocenters. The first-order valence-electron chi connectivity index (χ1n) is 7.00. The minimum Gasteiger partial charge on any atom is -0.399 e. The molecule has 0 heterocycles. The van der Waals surface area contributed by atoms with Crippen LogP contribution in [-0.2, 0) is 6.42 Å². The van der Waals surface area contributed by atoms with Gasteiger partial charge in [-0.2, -0.15) is 0 Å². The van der Waals surface area contributed by atoms with Gasteiger partial charge in [-0.1, -0.05) is 30.3 Å². The molecule has 0 saturated carbocycles. The summed E-state index contributed by atoms with van der Waals surface area (Å²) < 4.78 is 13.8. The molecule has 4 heteroatoms. The number of benzene rings is 2. The standard InChI is InChI=1S/C17H19FN2O/c1-2-20(11-10-13-6-4-3-5-7-13)17(21)15-12-14(19)8-9-16(15)18/h3-9,12H,2,10-11,19H2,1H3. The van der Waals surface area contributed by atoms with Crippen LogP contribution in [0.4, 0.5) is 10.1 Å². The lowest BCUT2D eigenvalue weighted by Crippen LogP contribution is -2.33. The van der Waals surface area contributed by atoms with Gasteiger partial charge in [0.2, 0.25) is 0 Å². The van der Waals surface area contributed by atoms with E-state index in [1.807, 2.05) is 37.3 Å². The smallest absolute Gasteiger partial charge is 0.256 e. The van der Waals surface area contributed by atoms with Crippen LogP contribution in [-0.4, -0.2) is 23.9 Å². The number of anilines is 1. The highest BCUT2D eigenvalue weighted by atomic mass is 19.1. The third-order valence-electron chi connectivity index (χ3n) is 3.40. The molecule has 2 rings (SSSR count). The van der Waals surface area contributed by atoms with Crippen LogP contribution in [0.2, 0.25) is 0 Å². The van der Waals surface area contributed by atoms with E-state index in [0.29, 0.717) is 18.8 Å². The van der Waals surface area contributed by atoms with Gasteiger partial charge in [-0.3, -0.25) is 4.79 Å². The van der Waals surface area contributed by atoms with Crippen molar-refractivity contribution >= 4 is 11.6 Å². The Labute approximate surface area is 124 Å². The highest BCUT2D eigenvalue weighted by Crippen LogP contribution is 2.15. The lowest BCUT2D eigenvalue weighted by Gasteiger charge is -2.21. The number of amides is 1. The van der Waals surface area contributed by atoms with E-state index in [1.54, 1.807) is 4.90 Å². The normalized spacial score (nSPS) is 10.4. The molecule has 2 aromatic rings. The Hall–Kier alpha value is -2.36. The number of carbonyl (C=O) groups excluding carboxylic acids is 1. The van der Waals surface area contributed by atoms with E-state index in [0.717, 1.165) is 12.0 Å². The molecule has 0 saturated heterocycles. The molecule has 0 aliphatic heterocycles. The van der Waals surface area contributed by atoms with Gasteiger partial charge in [0.05, 0.1) is 5.56 Å². The van der Waals surface area contributed by atoms with Crippen molar-refractivity contribution < 1.29 is 9.18 Å². The predicted octanol–water partition coefficient (Wildman–Crippen LogP) is 3.11. The molecule has 21 heavy (non-hydrogen) atoms. The van der Waals surface area contributed by atoms with E-state index >= 15 is 0 Å². The van der Waals surface area contributed by atoms with E-state index in [9.17, 15) is 9.18 Å². The summed E-state index contributed by atoms with van der Waals surface area (Å²) in [4.78, 5) is 14.0. The molecule has 0 aliphatic rings. The van der Waals surface area contributed by atoms with E-state index in [-0.39, 0.29) is 11.5 Å². The van der Waals surface area contributed by atoms with Crippen LogP contribution in [0.25, 0.3) is 0 Å². The van der Waals surface area contributed by atoms with Gasteiger partial charge in [0.1, 0.15) is 5.82 Å². The molecular weight excluding hydrogens is 267 g/mol. The SMILES string of the molecule is CCN(CCc1ccccc1)C(=O)c1cc(N)ccc1F. The second-order valence-electron chi connectivity index (χ2n) is 4.86. The van der Waals surface area contributed by atoms with Gasteiger partial charge in [-0.15, -0.1) is 0 Å². The second-order valence-corrected chi connectivity index (χ2v) is 4.86. The van der Waals surface area contributed by atoms with Gasteiger partial charge in [0.25, 0.3) is 5.91 Å². The van der Waals surface area contributed by atoms with Crippen LogP contribution >= 0.6 is 0 Å². The number of carbonyl (C=O) groups is 1. The fourth-order valence-electron chi connectivity index (χ4n) is 2.19. The maximum absolute atomic E-state index is 13.8. The van der Waals surface area contributed by atoms with Gasteiger partial charge >= 0.3 is 0 Å². The first-order valence-corrected chi connectivity index (χ1v) is 7.00. The minimum atomic E-state index is -0.535. The molecule has 0 aliphatic carbocycles. The quantitative estimate of drug-likeness (QED) is 0.858. The maximum Gasteiger partial charge on any atom is 0.256 e. The van der Waals surface area contributed by atoms with Crippen LogP contribution in [0.1, 0.15) is 22.8 Å². The van der Waals surface area contributed by atoms with Crippen molar-refractivity contribution in [3.63, 3.8) is 0 Å². The Morgan fingerprint density at radius 1 is 1.19 bits per heavy atom. The lowest BCUT2D eigenvalue weighted by molar-refractivity contribution is 0.0761. The summed E-state index contributed by atoms with van der Waals surface area (Å²) in [7, 11) is 0.